The molecular weight excluding hydrogens is 336 g/mol. The van der Waals surface area contributed by atoms with Crippen molar-refractivity contribution in [2.75, 3.05) is 17.2 Å². The van der Waals surface area contributed by atoms with Gasteiger partial charge in [0.1, 0.15) is 11.5 Å². The van der Waals surface area contributed by atoms with Crippen molar-refractivity contribution in [2.24, 2.45) is 0 Å². The first-order valence-corrected chi connectivity index (χ1v) is 9.81. The van der Waals surface area contributed by atoms with Crippen LogP contribution in [0.5, 0.6) is 0 Å². The molecule has 1 amide bonds. The molecule has 0 spiro atoms. The number of amides is 1. The molecule has 0 saturated heterocycles. The lowest BCUT2D eigenvalue weighted by Gasteiger charge is -2.13. The number of aryl methyl sites for hydroxylation is 2. The summed E-state index contributed by atoms with van der Waals surface area (Å²) in [6, 6.07) is 6.03. The highest BCUT2D eigenvalue weighted by Gasteiger charge is 2.12. The van der Waals surface area contributed by atoms with Crippen molar-refractivity contribution in [3.8, 4) is 0 Å². The van der Waals surface area contributed by atoms with Crippen LogP contribution in [-0.2, 0) is 6.42 Å². The highest BCUT2D eigenvalue weighted by Crippen LogP contribution is 2.22. The predicted octanol–water partition coefficient (Wildman–Crippen LogP) is 4.90. The van der Waals surface area contributed by atoms with Crippen molar-refractivity contribution in [3.63, 3.8) is 0 Å². The Hall–Kier alpha value is -2.69. The smallest absolute Gasteiger partial charge is 0.275 e. The summed E-state index contributed by atoms with van der Waals surface area (Å²) in [6.45, 7) is 4.92. The molecule has 1 aromatic carbocycles. The number of allylic oxidation sites excluding steroid dienone is 1. The van der Waals surface area contributed by atoms with E-state index in [2.05, 4.69) is 33.6 Å². The molecule has 0 radical (unpaired) electrons. The third-order valence-corrected chi connectivity index (χ3v) is 5.00. The van der Waals surface area contributed by atoms with Gasteiger partial charge < -0.3 is 10.6 Å². The molecule has 2 N–H and O–H groups in total. The standard InChI is InChI=1S/C22H28N4O/c1-3-18-11-7-8-16(2)21(18)26-22(27)19-14-25-20(15-24-19)23-13-12-17-9-5-4-6-10-17/h7-9,11,14-15H,3-6,10,12-13H2,1-2H3,(H,23,25)(H,26,27). The summed E-state index contributed by atoms with van der Waals surface area (Å²) in [5.74, 6) is 0.471. The fourth-order valence-electron chi connectivity index (χ4n) is 3.40. The normalized spacial score (nSPS) is 13.8. The number of hydrogen-bond acceptors (Lipinski definition) is 4. The van der Waals surface area contributed by atoms with Crippen molar-refractivity contribution < 1.29 is 4.79 Å². The minimum atomic E-state index is -0.231. The fourth-order valence-corrected chi connectivity index (χ4v) is 3.40. The number of anilines is 2. The minimum absolute atomic E-state index is 0.231. The summed E-state index contributed by atoms with van der Waals surface area (Å²) in [4.78, 5) is 21.1. The molecule has 0 atom stereocenters. The van der Waals surface area contributed by atoms with E-state index in [0.29, 0.717) is 11.5 Å². The average Bonchev–Trinajstić information content (AvgIpc) is 2.71. The molecule has 0 aliphatic heterocycles. The Balaban J connectivity index is 1.56. The molecule has 0 fully saturated rings. The lowest BCUT2D eigenvalue weighted by molar-refractivity contribution is 0.102. The van der Waals surface area contributed by atoms with Crippen LogP contribution in [0.1, 0.15) is 60.6 Å². The van der Waals surface area contributed by atoms with Crippen LogP contribution >= 0.6 is 0 Å². The molecule has 3 rings (SSSR count). The second-order valence-corrected chi connectivity index (χ2v) is 6.99. The molecule has 0 bridgehead atoms. The third kappa shape index (κ3) is 5.16. The largest absolute Gasteiger partial charge is 0.368 e. The number of benzene rings is 1. The van der Waals surface area contributed by atoms with E-state index in [1.165, 1.54) is 37.5 Å². The molecular formula is C22H28N4O. The first-order chi connectivity index (χ1) is 13.2. The number of carbonyl (C=O) groups excluding carboxylic acids is 1. The summed E-state index contributed by atoms with van der Waals surface area (Å²) in [5, 5.41) is 6.27. The van der Waals surface area contributed by atoms with E-state index in [1.807, 2.05) is 25.1 Å². The lowest BCUT2D eigenvalue weighted by atomic mass is 9.97. The first kappa shape index (κ1) is 19.1. The number of hydrogen-bond donors (Lipinski definition) is 2. The van der Waals surface area contributed by atoms with E-state index in [9.17, 15) is 4.79 Å². The van der Waals surface area contributed by atoms with Crippen LogP contribution in [0.4, 0.5) is 11.5 Å². The van der Waals surface area contributed by atoms with Crippen LogP contribution in [0.15, 0.2) is 42.2 Å². The van der Waals surface area contributed by atoms with E-state index in [1.54, 1.807) is 6.20 Å². The van der Waals surface area contributed by atoms with Gasteiger partial charge in [-0.05, 0) is 56.6 Å². The zero-order chi connectivity index (χ0) is 19.1. The van der Waals surface area contributed by atoms with Crippen molar-refractivity contribution in [2.45, 2.75) is 52.4 Å². The van der Waals surface area contributed by atoms with E-state index in [-0.39, 0.29) is 5.91 Å². The van der Waals surface area contributed by atoms with Crippen molar-refractivity contribution in [1.82, 2.24) is 9.97 Å². The van der Waals surface area contributed by atoms with Gasteiger partial charge in [0.15, 0.2) is 0 Å². The summed E-state index contributed by atoms with van der Waals surface area (Å²) in [6.07, 6.45) is 12.5. The number of para-hydroxylation sites is 1. The monoisotopic (exact) mass is 364 g/mol. The van der Waals surface area contributed by atoms with Crippen molar-refractivity contribution >= 4 is 17.4 Å². The van der Waals surface area contributed by atoms with Gasteiger partial charge in [0.2, 0.25) is 0 Å². The first-order valence-electron chi connectivity index (χ1n) is 9.81. The maximum Gasteiger partial charge on any atom is 0.275 e. The highest BCUT2D eigenvalue weighted by atomic mass is 16.1. The van der Waals surface area contributed by atoms with Crippen molar-refractivity contribution in [1.29, 1.82) is 0 Å². The molecule has 1 aliphatic carbocycles. The quantitative estimate of drug-likeness (QED) is 0.686. The Morgan fingerprint density at radius 3 is 2.78 bits per heavy atom. The number of nitrogens with zero attached hydrogens (tertiary/aromatic N) is 2. The lowest BCUT2D eigenvalue weighted by Crippen LogP contribution is -2.16. The van der Waals surface area contributed by atoms with Gasteiger partial charge in [-0.25, -0.2) is 9.97 Å². The van der Waals surface area contributed by atoms with Crippen LogP contribution in [0.2, 0.25) is 0 Å². The Morgan fingerprint density at radius 1 is 1.19 bits per heavy atom. The van der Waals surface area contributed by atoms with Gasteiger partial charge >= 0.3 is 0 Å². The molecule has 5 heteroatoms. The number of carbonyl (C=O) groups is 1. The summed E-state index contributed by atoms with van der Waals surface area (Å²) >= 11 is 0. The summed E-state index contributed by atoms with van der Waals surface area (Å²) in [5.41, 5.74) is 4.89. The Labute approximate surface area is 161 Å². The Kier molecular flexibility index (Phi) is 6.58. The van der Waals surface area contributed by atoms with Gasteiger partial charge in [-0.1, -0.05) is 36.8 Å². The van der Waals surface area contributed by atoms with E-state index in [0.717, 1.165) is 36.2 Å². The molecule has 27 heavy (non-hydrogen) atoms. The molecule has 2 aromatic rings. The Bertz CT molecular complexity index is 812. The molecule has 0 saturated carbocycles. The molecule has 1 aromatic heterocycles. The van der Waals surface area contributed by atoms with Gasteiger partial charge in [-0.3, -0.25) is 4.79 Å². The molecule has 142 valence electrons. The van der Waals surface area contributed by atoms with Gasteiger partial charge in [0.05, 0.1) is 12.4 Å². The molecule has 0 unspecified atom stereocenters. The average molecular weight is 364 g/mol. The van der Waals surface area contributed by atoms with E-state index >= 15 is 0 Å². The van der Waals surface area contributed by atoms with Crippen LogP contribution in [-0.4, -0.2) is 22.4 Å². The number of aromatic nitrogens is 2. The maximum absolute atomic E-state index is 12.5. The SMILES string of the molecule is CCc1cccc(C)c1NC(=O)c1cnc(NCCC2=CCCCC2)cn1. The minimum Gasteiger partial charge on any atom is -0.368 e. The Morgan fingerprint density at radius 2 is 2.07 bits per heavy atom. The predicted molar refractivity (Wildman–Crippen MR) is 110 cm³/mol. The topological polar surface area (TPSA) is 66.9 Å². The second kappa shape index (κ2) is 9.31. The van der Waals surface area contributed by atoms with Gasteiger partial charge in [0.25, 0.3) is 5.91 Å². The maximum atomic E-state index is 12.5. The third-order valence-electron chi connectivity index (χ3n) is 5.00. The molecule has 5 nitrogen and oxygen atoms in total. The van der Waals surface area contributed by atoms with Gasteiger partial charge in [-0.15, -0.1) is 0 Å². The molecule has 1 heterocycles. The highest BCUT2D eigenvalue weighted by molar-refractivity contribution is 6.03. The van der Waals surface area contributed by atoms with Gasteiger partial charge in [-0.2, -0.15) is 0 Å². The van der Waals surface area contributed by atoms with E-state index in [4.69, 9.17) is 0 Å². The van der Waals surface area contributed by atoms with Crippen LogP contribution in [0.25, 0.3) is 0 Å². The number of rotatable bonds is 7. The summed E-state index contributed by atoms with van der Waals surface area (Å²) in [7, 11) is 0. The zero-order valence-electron chi connectivity index (χ0n) is 16.2. The number of nitrogens with one attached hydrogen (secondary N) is 2. The fraction of sp³-hybridized carbons (Fsp3) is 0.409. The van der Waals surface area contributed by atoms with E-state index < -0.39 is 0 Å². The second-order valence-electron chi connectivity index (χ2n) is 6.99. The van der Waals surface area contributed by atoms with Gasteiger partial charge in [0, 0.05) is 12.2 Å². The zero-order valence-corrected chi connectivity index (χ0v) is 16.2. The molecule has 1 aliphatic rings. The van der Waals surface area contributed by atoms with Crippen molar-refractivity contribution in [3.05, 3.63) is 59.1 Å². The summed E-state index contributed by atoms with van der Waals surface area (Å²) < 4.78 is 0. The van der Waals surface area contributed by atoms with Crippen LogP contribution < -0.4 is 10.6 Å². The van der Waals surface area contributed by atoms with Crippen LogP contribution in [0, 0.1) is 6.92 Å². The van der Waals surface area contributed by atoms with Crippen LogP contribution in [0.3, 0.4) is 0 Å².